The van der Waals surface area contributed by atoms with Gasteiger partial charge in [0.15, 0.2) is 0 Å². The summed E-state index contributed by atoms with van der Waals surface area (Å²) in [6, 6.07) is -0.0115. The summed E-state index contributed by atoms with van der Waals surface area (Å²) >= 11 is 0. The Hall–Kier alpha value is -1.10. The molecule has 108 valence electrons. The topological polar surface area (TPSA) is 75.6 Å². The highest BCUT2D eigenvalue weighted by molar-refractivity contribution is 5.85. The molecule has 0 unspecified atom stereocenters. The Morgan fingerprint density at radius 3 is 2.42 bits per heavy atom. The molecule has 2 saturated carbocycles. The average molecular weight is 269 g/mol. The smallest absolute Gasteiger partial charge is 0.306 e. The van der Waals surface area contributed by atoms with Gasteiger partial charge >= 0.3 is 5.97 Å². The number of amides is 1. The van der Waals surface area contributed by atoms with E-state index in [1.165, 1.54) is 0 Å². The number of carboxylic acid groups (broad SMARTS) is 1. The molecule has 2 atom stereocenters. The number of carbonyl (C=O) groups is 2. The van der Waals surface area contributed by atoms with Crippen molar-refractivity contribution in [3.8, 4) is 0 Å². The molecular formula is C14H23NO4. The summed E-state index contributed by atoms with van der Waals surface area (Å²) in [5.74, 6) is -1.11. The van der Waals surface area contributed by atoms with Crippen molar-refractivity contribution in [1.29, 1.82) is 0 Å². The summed E-state index contributed by atoms with van der Waals surface area (Å²) in [4.78, 5) is 23.3. The molecule has 5 heteroatoms. The fourth-order valence-electron chi connectivity index (χ4n) is 3.30. The van der Waals surface area contributed by atoms with E-state index in [1.807, 2.05) is 0 Å². The van der Waals surface area contributed by atoms with Crippen LogP contribution in [-0.4, -0.2) is 35.7 Å². The van der Waals surface area contributed by atoms with E-state index in [2.05, 4.69) is 5.32 Å². The number of hydrogen-bond donors (Lipinski definition) is 2. The molecule has 0 aliphatic heterocycles. The maximum Gasteiger partial charge on any atom is 0.306 e. The number of carbonyl (C=O) groups excluding carboxylic acids is 1. The van der Waals surface area contributed by atoms with Gasteiger partial charge in [-0.2, -0.15) is 0 Å². The zero-order valence-corrected chi connectivity index (χ0v) is 11.5. The van der Waals surface area contributed by atoms with Gasteiger partial charge < -0.3 is 15.2 Å². The number of ether oxygens (including phenoxy) is 1. The fraction of sp³-hybridized carbons (Fsp3) is 0.857. The second-order valence-electron chi connectivity index (χ2n) is 5.78. The predicted molar refractivity (Wildman–Crippen MR) is 69.7 cm³/mol. The Bertz CT molecular complexity index is 349. The number of aliphatic carboxylic acids is 1. The SMILES string of the molecule is COC1(C(=O)N[C@@H]2CC[C@H](C(=O)O)C2)CCCCC1. The van der Waals surface area contributed by atoms with E-state index >= 15 is 0 Å². The van der Waals surface area contributed by atoms with E-state index in [0.717, 1.165) is 38.5 Å². The maximum atomic E-state index is 12.4. The van der Waals surface area contributed by atoms with Crippen molar-refractivity contribution < 1.29 is 19.4 Å². The molecule has 2 aliphatic rings. The normalized spacial score (nSPS) is 29.9. The van der Waals surface area contributed by atoms with Crippen LogP contribution in [0.1, 0.15) is 51.4 Å². The molecule has 0 aromatic carbocycles. The largest absolute Gasteiger partial charge is 0.481 e. The molecule has 2 rings (SSSR count). The van der Waals surface area contributed by atoms with Crippen LogP contribution in [0, 0.1) is 5.92 Å². The molecule has 5 nitrogen and oxygen atoms in total. The molecule has 0 saturated heterocycles. The van der Waals surface area contributed by atoms with Crippen LogP contribution in [0.2, 0.25) is 0 Å². The van der Waals surface area contributed by atoms with Crippen molar-refractivity contribution in [3.63, 3.8) is 0 Å². The van der Waals surface area contributed by atoms with E-state index < -0.39 is 11.6 Å². The first-order chi connectivity index (χ1) is 9.07. The van der Waals surface area contributed by atoms with Crippen LogP contribution in [-0.2, 0) is 14.3 Å². The molecule has 0 heterocycles. The summed E-state index contributed by atoms with van der Waals surface area (Å²) in [5.41, 5.74) is -0.681. The first kappa shape index (κ1) is 14.3. The van der Waals surface area contributed by atoms with E-state index in [-0.39, 0.29) is 17.9 Å². The van der Waals surface area contributed by atoms with Crippen LogP contribution < -0.4 is 5.32 Å². The Morgan fingerprint density at radius 2 is 1.89 bits per heavy atom. The zero-order chi connectivity index (χ0) is 13.9. The summed E-state index contributed by atoms with van der Waals surface area (Å²) < 4.78 is 5.50. The molecule has 2 N–H and O–H groups in total. The van der Waals surface area contributed by atoms with Crippen molar-refractivity contribution in [2.24, 2.45) is 5.92 Å². The zero-order valence-electron chi connectivity index (χ0n) is 11.5. The second kappa shape index (κ2) is 5.90. The van der Waals surface area contributed by atoms with Gasteiger partial charge in [-0.3, -0.25) is 9.59 Å². The van der Waals surface area contributed by atoms with Gasteiger partial charge in [-0.05, 0) is 32.1 Å². The van der Waals surface area contributed by atoms with Crippen LogP contribution in [0.5, 0.6) is 0 Å². The van der Waals surface area contributed by atoms with Crippen LogP contribution in [0.4, 0.5) is 0 Å². The Balaban J connectivity index is 1.91. The number of methoxy groups -OCH3 is 1. The monoisotopic (exact) mass is 269 g/mol. The van der Waals surface area contributed by atoms with Gasteiger partial charge in [0, 0.05) is 13.2 Å². The van der Waals surface area contributed by atoms with E-state index in [9.17, 15) is 9.59 Å². The van der Waals surface area contributed by atoms with Gasteiger partial charge in [0.1, 0.15) is 5.60 Å². The number of nitrogens with one attached hydrogen (secondary N) is 1. The first-order valence-corrected chi connectivity index (χ1v) is 7.16. The lowest BCUT2D eigenvalue weighted by Crippen LogP contribution is -2.52. The van der Waals surface area contributed by atoms with Crippen LogP contribution in [0.25, 0.3) is 0 Å². The van der Waals surface area contributed by atoms with Gasteiger partial charge in [-0.25, -0.2) is 0 Å². The van der Waals surface area contributed by atoms with E-state index in [1.54, 1.807) is 7.11 Å². The third-order valence-electron chi connectivity index (χ3n) is 4.58. The van der Waals surface area contributed by atoms with Crippen molar-refractivity contribution in [2.45, 2.75) is 63.0 Å². The second-order valence-corrected chi connectivity index (χ2v) is 5.78. The fourth-order valence-corrected chi connectivity index (χ4v) is 3.30. The number of hydrogen-bond acceptors (Lipinski definition) is 3. The molecule has 19 heavy (non-hydrogen) atoms. The van der Waals surface area contributed by atoms with Crippen molar-refractivity contribution in [1.82, 2.24) is 5.32 Å². The molecule has 0 bridgehead atoms. The Morgan fingerprint density at radius 1 is 1.21 bits per heavy atom. The third-order valence-corrected chi connectivity index (χ3v) is 4.58. The van der Waals surface area contributed by atoms with Crippen molar-refractivity contribution >= 4 is 11.9 Å². The molecule has 0 spiro atoms. The highest BCUT2D eigenvalue weighted by Gasteiger charge is 2.41. The van der Waals surface area contributed by atoms with E-state index in [0.29, 0.717) is 12.8 Å². The molecule has 0 aromatic heterocycles. The molecule has 0 aromatic rings. The van der Waals surface area contributed by atoms with Gasteiger partial charge in [0.05, 0.1) is 5.92 Å². The van der Waals surface area contributed by atoms with Crippen LogP contribution in [0.15, 0.2) is 0 Å². The van der Waals surface area contributed by atoms with Gasteiger partial charge in [-0.1, -0.05) is 19.3 Å². The summed E-state index contributed by atoms with van der Waals surface area (Å²) in [7, 11) is 1.60. The van der Waals surface area contributed by atoms with Gasteiger partial charge in [0.25, 0.3) is 5.91 Å². The highest BCUT2D eigenvalue weighted by atomic mass is 16.5. The quantitative estimate of drug-likeness (QED) is 0.814. The maximum absolute atomic E-state index is 12.4. The average Bonchev–Trinajstić information content (AvgIpc) is 2.88. The van der Waals surface area contributed by atoms with Gasteiger partial charge in [0.2, 0.25) is 0 Å². The molecule has 0 radical (unpaired) electrons. The lowest BCUT2D eigenvalue weighted by Gasteiger charge is -2.35. The van der Waals surface area contributed by atoms with Crippen LogP contribution >= 0.6 is 0 Å². The van der Waals surface area contributed by atoms with Gasteiger partial charge in [-0.15, -0.1) is 0 Å². The van der Waals surface area contributed by atoms with Crippen LogP contribution in [0.3, 0.4) is 0 Å². The summed E-state index contributed by atoms with van der Waals surface area (Å²) in [5, 5.41) is 12.0. The van der Waals surface area contributed by atoms with E-state index in [4.69, 9.17) is 9.84 Å². The minimum absolute atomic E-state index is 0.0115. The molecule has 2 aliphatic carbocycles. The van der Waals surface area contributed by atoms with Crippen molar-refractivity contribution in [2.75, 3.05) is 7.11 Å². The number of carboxylic acids is 1. The van der Waals surface area contributed by atoms with Crippen molar-refractivity contribution in [3.05, 3.63) is 0 Å². The Kier molecular flexibility index (Phi) is 4.45. The predicted octanol–water partition coefficient (Wildman–Crippen LogP) is 1.71. The molecule has 2 fully saturated rings. The summed E-state index contributed by atoms with van der Waals surface area (Å²) in [6.45, 7) is 0. The standard InChI is InChI=1S/C14H23NO4/c1-19-14(7-3-2-4-8-14)13(18)15-11-6-5-10(9-11)12(16)17/h10-11H,2-9H2,1H3,(H,15,18)(H,16,17)/t10-,11+/m0/s1. The number of rotatable bonds is 4. The first-order valence-electron chi connectivity index (χ1n) is 7.16. The molecule has 1 amide bonds. The lowest BCUT2D eigenvalue weighted by atomic mass is 9.83. The molecular weight excluding hydrogens is 246 g/mol. The Labute approximate surface area is 113 Å². The highest BCUT2D eigenvalue weighted by Crippen LogP contribution is 2.32. The third kappa shape index (κ3) is 3.08. The minimum atomic E-state index is -0.754. The minimum Gasteiger partial charge on any atom is -0.481 e. The summed E-state index contributed by atoms with van der Waals surface area (Å²) in [6.07, 6.45) is 6.68. The lowest BCUT2D eigenvalue weighted by molar-refractivity contribution is -0.148.